The van der Waals surface area contributed by atoms with E-state index >= 15 is 0 Å². The van der Waals surface area contributed by atoms with E-state index in [-0.39, 0.29) is 36.2 Å². The summed E-state index contributed by atoms with van der Waals surface area (Å²) in [6.45, 7) is 2.03. The number of nitro benzene ring substituents is 1. The Morgan fingerprint density at radius 3 is 2.76 bits per heavy atom. The van der Waals surface area contributed by atoms with Crippen molar-refractivity contribution in [1.29, 1.82) is 0 Å². The van der Waals surface area contributed by atoms with Crippen molar-refractivity contribution in [2.24, 2.45) is 0 Å². The molecule has 33 heavy (non-hydrogen) atoms. The third kappa shape index (κ3) is 4.04. The summed E-state index contributed by atoms with van der Waals surface area (Å²) in [5.41, 5.74) is 1.54. The number of amides is 1. The lowest BCUT2D eigenvalue weighted by molar-refractivity contribution is -0.384. The molecule has 3 aromatic rings. The Morgan fingerprint density at radius 1 is 1.12 bits per heavy atom. The van der Waals surface area contributed by atoms with Gasteiger partial charge in [-0.3, -0.25) is 19.5 Å². The lowest BCUT2D eigenvalue weighted by Gasteiger charge is -2.27. The Balaban J connectivity index is 1.25. The molecule has 1 atom stereocenters. The normalized spacial score (nSPS) is 17.5. The average Bonchev–Trinajstić information content (AvgIpc) is 3.43. The molecule has 10 heteroatoms. The number of oxazole rings is 1. The first-order valence-corrected chi connectivity index (χ1v) is 11.0. The Hall–Kier alpha value is -3.82. The fourth-order valence-corrected chi connectivity index (χ4v) is 4.59. The minimum Gasteiger partial charge on any atom is -0.486 e. The van der Waals surface area contributed by atoms with Crippen molar-refractivity contribution in [2.45, 2.75) is 38.3 Å². The summed E-state index contributed by atoms with van der Waals surface area (Å²) in [6, 6.07) is 9.90. The molecule has 0 spiro atoms. The number of nitro groups is 1. The van der Waals surface area contributed by atoms with Crippen LogP contribution in [-0.2, 0) is 11.3 Å². The van der Waals surface area contributed by atoms with E-state index in [0.29, 0.717) is 37.4 Å². The maximum absolute atomic E-state index is 13.0. The predicted molar refractivity (Wildman–Crippen MR) is 117 cm³/mol. The Morgan fingerprint density at radius 2 is 1.94 bits per heavy atom. The van der Waals surface area contributed by atoms with Gasteiger partial charge in [0.2, 0.25) is 5.91 Å². The first kappa shape index (κ1) is 21.0. The molecule has 0 radical (unpaired) electrons. The van der Waals surface area contributed by atoms with Crippen LogP contribution in [-0.4, -0.2) is 40.1 Å². The molecule has 1 fully saturated rings. The van der Waals surface area contributed by atoms with Gasteiger partial charge in [0.05, 0.1) is 22.5 Å². The van der Waals surface area contributed by atoms with Gasteiger partial charge in [-0.15, -0.1) is 0 Å². The van der Waals surface area contributed by atoms with E-state index in [1.807, 2.05) is 23.1 Å². The number of hydrogen-bond acceptors (Lipinski definition) is 7. The summed E-state index contributed by atoms with van der Waals surface area (Å²) in [5, 5.41) is 10.9. The lowest BCUT2D eigenvalue weighted by Crippen LogP contribution is -2.30. The summed E-state index contributed by atoms with van der Waals surface area (Å²) < 4.78 is 17.8. The zero-order chi connectivity index (χ0) is 22.9. The topological polar surface area (TPSA) is 117 Å². The van der Waals surface area contributed by atoms with Gasteiger partial charge >= 0.3 is 5.76 Å². The van der Waals surface area contributed by atoms with Crippen molar-refractivity contribution in [3.8, 4) is 11.5 Å². The van der Waals surface area contributed by atoms with Crippen molar-refractivity contribution in [3.63, 3.8) is 0 Å². The Kier molecular flexibility index (Phi) is 5.49. The van der Waals surface area contributed by atoms with Gasteiger partial charge in [0, 0.05) is 25.6 Å². The molecule has 0 saturated carbocycles. The highest BCUT2D eigenvalue weighted by atomic mass is 16.6. The standard InChI is InChI=1S/C23H23N3O7/c27-22(4-2-10-25-18-7-6-16(26(29)30)14-20(18)33-23(25)28)24-9-1-3-17(24)15-5-8-19-21(13-15)32-12-11-31-19/h5-8,13-14,17H,1-4,9-12H2/t17-/m1/s1. The summed E-state index contributed by atoms with van der Waals surface area (Å²) in [7, 11) is 0. The average molecular weight is 453 g/mol. The molecule has 0 N–H and O–H groups in total. The smallest absolute Gasteiger partial charge is 0.419 e. The third-order valence-corrected chi connectivity index (χ3v) is 6.16. The van der Waals surface area contributed by atoms with Crippen molar-refractivity contribution in [3.05, 3.63) is 62.6 Å². The molecule has 1 amide bonds. The molecular weight excluding hydrogens is 430 g/mol. The number of carbonyl (C=O) groups excluding carboxylic acids is 1. The number of hydrogen-bond donors (Lipinski definition) is 0. The molecule has 172 valence electrons. The molecular formula is C23H23N3O7. The highest BCUT2D eigenvalue weighted by Crippen LogP contribution is 2.38. The van der Waals surface area contributed by atoms with Crippen LogP contribution < -0.4 is 15.2 Å². The number of aryl methyl sites for hydroxylation is 1. The van der Waals surface area contributed by atoms with E-state index in [1.165, 1.54) is 22.8 Å². The maximum Gasteiger partial charge on any atom is 0.419 e. The van der Waals surface area contributed by atoms with Gasteiger partial charge in [-0.05, 0) is 43.0 Å². The molecule has 2 aromatic carbocycles. The van der Waals surface area contributed by atoms with Crippen molar-refractivity contribution in [1.82, 2.24) is 9.47 Å². The molecule has 3 heterocycles. The summed E-state index contributed by atoms with van der Waals surface area (Å²) in [6.07, 6.45) is 2.55. The molecule has 1 aromatic heterocycles. The minimum absolute atomic E-state index is 0.00801. The molecule has 0 unspecified atom stereocenters. The quantitative estimate of drug-likeness (QED) is 0.415. The van der Waals surface area contributed by atoms with Crippen LogP contribution in [0, 0.1) is 10.1 Å². The van der Waals surface area contributed by atoms with Gasteiger partial charge in [0.15, 0.2) is 17.1 Å². The molecule has 1 saturated heterocycles. The van der Waals surface area contributed by atoms with Crippen LogP contribution in [0.4, 0.5) is 5.69 Å². The number of benzene rings is 2. The van der Waals surface area contributed by atoms with Crippen LogP contribution in [0.3, 0.4) is 0 Å². The van der Waals surface area contributed by atoms with E-state index < -0.39 is 10.7 Å². The van der Waals surface area contributed by atoms with Gasteiger partial charge in [-0.25, -0.2) is 4.79 Å². The van der Waals surface area contributed by atoms with Crippen LogP contribution >= 0.6 is 0 Å². The number of ether oxygens (including phenoxy) is 2. The first-order chi connectivity index (χ1) is 16.0. The fraction of sp³-hybridized carbons (Fsp3) is 0.391. The number of rotatable bonds is 6. The first-order valence-electron chi connectivity index (χ1n) is 11.0. The van der Waals surface area contributed by atoms with Gasteiger partial charge in [0.1, 0.15) is 13.2 Å². The van der Waals surface area contributed by atoms with Gasteiger partial charge in [0.25, 0.3) is 5.69 Å². The molecule has 0 aliphatic carbocycles. The van der Waals surface area contributed by atoms with E-state index in [4.69, 9.17) is 13.9 Å². The number of likely N-dealkylation sites (tertiary alicyclic amines) is 1. The summed E-state index contributed by atoms with van der Waals surface area (Å²) in [5.74, 6) is 0.880. The monoisotopic (exact) mass is 453 g/mol. The van der Waals surface area contributed by atoms with Crippen LogP contribution in [0.2, 0.25) is 0 Å². The van der Waals surface area contributed by atoms with Gasteiger partial charge in [-0.2, -0.15) is 0 Å². The highest BCUT2D eigenvalue weighted by molar-refractivity contribution is 5.77. The lowest BCUT2D eigenvalue weighted by atomic mass is 10.0. The number of non-ortho nitro benzene ring substituents is 1. The number of fused-ring (bicyclic) bond motifs is 2. The molecule has 2 aliphatic rings. The van der Waals surface area contributed by atoms with E-state index in [2.05, 4.69) is 0 Å². The van der Waals surface area contributed by atoms with E-state index in [0.717, 1.165) is 24.2 Å². The van der Waals surface area contributed by atoms with Crippen LogP contribution in [0.1, 0.15) is 37.3 Å². The minimum atomic E-state index is -0.590. The number of nitrogens with zero attached hydrogens (tertiary/aromatic N) is 3. The number of carbonyl (C=O) groups is 1. The molecule has 10 nitrogen and oxygen atoms in total. The Labute approximate surface area is 188 Å². The van der Waals surface area contributed by atoms with Crippen LogP contribution in [0.15, 0.2) is 45.6 Å². The molecule has 5 rings (SSSR count). The van der Waals surface area contributed by atoms with E-state index in [9.17, 15) is 19.7 Å². The zero-order valence-corrected chi connectivity index (χ0v) is 17.9. The van der Waals surface area contributed by atoms with Gasteiger partial charge < -0.3 is 18.8 Å². The third-order valence-electron chi connectivity index (χ3n) is 6.16. The van der Waals surface area contributed by atoms with Crippen LogP contribution in [0.25, 0.3) is 11.1 Å². The second-order valence-electron chi connectivity index (χ2n) is 8.18. The summed E-state index contributed by atoms with van der Waals surface area (Å²) in [4.78, 5) is 37.5. The van der Waals surface area contributed by atoms with Crippen molar-refractivity contribution in [2.75, 3.05) is 19.8 Å². The Bertz CT molecular complexity index is 1280. The largest absolute Gasteiger partial charge is 0.486 e. The SMILES string of the molecule is O=C(CCCn1c(=O)oc2cc([N+](=O)[O-])ccc21)N1CCC[C@@H]1c1ccc2c(c1)OCCO2. The van der Waals surface area contributed by atoms with Crippen molar-refractivity contribution >= 4 is 22.7 Å². The van der Waals surface area contributed by atoms with Gasteiger partial charge in [-0.1, -0.05) is 6.07 Å². The molecule has 2 aliphatic heterocycles. The van der Waals surface area contributed by atoms with E-state index in [1.54, 1.807) is 0 Å². The number of aromatic nitrogens is 1. The second kappa shape index (κ2) is 8.61. The predicted octanol–water partition coefficient (Wildman–Crippen LogP) is 3.42. The fourth-order valence-electron chi connectivity index (χ4n) is 4.59. The summed E-state index contributed by atoms with van der Waals surface area (Å²) >= 11 is 0. The zero-order valence-electron chi connectivity index (χ0n) is 17.9. The second-order valence-corrected chi connectivity index (χ2v) is 8.18. The molecule has 0 bridgehead atoms. The van der Waals surface area contributed by atoms with Crippen molar-refractivity contribution < 1.29 is 23.6 Å². The van der Waals surface area contributed by atoms with Crippen LogP contribution in [0.5, 0.6) is 11.5 Å². The maximum atomic E-state index is 13.0. The highest BCUT2D eigenvalue weighted by Gasteiger charge is 2.30.